The number of carbonyl (C=O) groups excluding carboxylic acids is 1. The van der Waals surface area contributed by atoms with Gasteiger partial charge in [0.2, 0.25) is 5.91 Å². The lowest BCUT2D eigenvalue weighted by molar-refractivity contribution is -0.173. The minimum Gasteiger partial charge on any atom is -0.390 e. The average molecular weight is 282 g/mol. The van der Waals surface area contributed by atoms with Crippen LogP contribution in [0.25, 0.3) is 0 Å². The van der Waals surface area contributed by atoms with E-state index in [1.165, 1.54) is 12.8 Å². The monoisotopic (exact) mass is 282 g/mol. The largest absolute Gasteiger partial charge is 0.390 e. The van der Waals surface area contributed by atoms with E-state index in [9.17, 15) is 9.90 Å². The van der Waals surface area contributed by atoms with Crippen molar-refractivity contribution in [2.24, 2.45) is 28.5 Å². The molecule has 0 saturated heterocycles. The smallest absolute Gasteiger partial charge is 0.234 e. The lowest BCUT2D eigenvalue weighted by Gasteiger charge is -2.61. The molecule has 2 aliphatic carbocycles. The van der Waals surface area contributed by atoms with E-state index in [1.54, 1.807) is 0 Å². The summed E-state index contributed by atoms with van der Waals surface area (Å²) in [5.41, 5.74) is 1.78. The highest BCUT2D eigenvalue weighted by atomic mass is 16.3. The molecule has 116 valence electrons. The van der Waals surface area contributed by atoms with Crippen LogP contribution in [-0.2, 0) is 4.79 Å². The van der Waals surface area contributed by atoms with E-state index in [2.05, 4.69) is 26.2 Å². The van der Waals surface area contributed by atoms with Crippen molar-refractivity contribution in [2.45, 2.75) is 71.8 Å². The molecule has 4 atom stereocenters. The molecule has 0 aromatic rings. The Morgan fingerprint density at radius 3 is 2.50 bits per heavy atom. The van der Waals surface area contributed by atoms with E-state index in [0.717, 1.165) is 19.3 Å². The molecule has 2 rings (SSSR count). The fourth-order valence-corrected chi connectivity index (χ4v) is 5.32. The summed E-state index contributed by atoms with van der Waals surface area (Å²) in [6.45, 7) is 8.86. The Kier molecular flexibility index (Phi) is 3.93. The lowest BCUT2D eigenvalue weighted by Crippen LogP contribution is -2.58. The highest BCUT2D eigenvalue weighted by Gasteiger charge is 2.58. The number of aliphatic hydroxyl groups is 1. The van der Waals surface area contributed by atoms with Gasteiger partial charge in [-0.05, 0) is 49.4 Å². The Morgan fingerprint density at radius 1 is 1.25 bits per heavy atom. The maximum atomic E-state index is 11.8. The molecule has 4 nitrogen and oxygen atoms in total. The second-order valence-electron chi connectivity index (χ2n) is 8.12. The van der Waals surface area contributed by atoms with Crippen molar-refractivity contribution in [3.05, 3.63) is 0 Å². The predicted octanol–water partition coefficient (Wildman–Crippen LogP) is 2.36. The van der Waals surface area contributed by atoms with Crippen LogP contribution < -0.4 is 11.3 Å². The van der Waals surface area contributed by atoms with Crippen molar-refractivity contribution in [3.63, 3.8) is 0 Å². The molecule has 0 spiro atoms. The van der Waals surface area contributed by atoms with E-state index in [-0.39, 0.29) is 17.2 Å². The summed E-state index contributed by atoms with van der Waals surface area (Å²) in [5.74, 6) is 5.65. The van der Waals surface area contributed by atoms with E-state index in [4.69, 9.17) is 5.84 Å². The van der Waals surface area contributed by atoms with Crippen LogP contribution in [0.2, 0.25) is 0 Å². The molecule has 2 saturated carbocycles. The Morgan fingerprint density at radius 2 is 1.90 bits per heavy atom. The number of hydrogen-bond acceptors (Lipinski definition) is 3. The zero-order valence-electron chi connectivity index (χ0n) is 13.3. The van der Waals surface area contributed by atoms with Crippen molar-refractivity contribution in [2.75, 3.05) is 0 Å². The summed E-state index contributed by atoms with van der Waals surface area (Å²) in [6.07, 6.45) is 5.67. The van der Waals surface area contributed by atoms with Crippen LogP contribution in [0.15, 0.2) is 0 Å². The summed E-state index contributed by atoms with van der Waals surface area (Å²) in [6, 6.07) is 0. The maximum absolute atomic E-state index is 11.8. The number of carbonyl (C=O) groups is 1. The number of nitrogens with one attached hydrogen (secondary N) is 1. The first-order valence-corrected chi connectivity index (χ1v) is 7.85. The lowest BCUT2D eigenvalue weighted by atomic mass is 9.45. The second kappa shape index (κ2) is 4.99. The fraction of sp³-hybridized carbons (Fsp3) is 0.938. The van der Waals surface area contributed by atoms with E-state index in [0.29, 0.717) is 17.8 Å². The van der Waals surface area contributed by atoms with E-state index >= 15 is 0 Å². The summed E-state index contributed by atoms with van der Waals surface area (Å²) in [5, 5.41) is 10.8. The second-order valence-corrected chi connectivity index (χ2v) is 8.12. The van der Waals surface area contributed by atoms with Crippen LogP contribution in [0.5, 0.6) is 0 Å². The van der Waals surface area contributed by atoms with Gasteiger partial charge in [-0.15, -0.1) is 0 Å². The Hall–Kier alpha value is -0.610. The number of amides is 1. The third-order valence-corrected chi connectivity index (χ3v) is 6.31. The van der Waals surface area contributed by atoms with Crippen LogP contribution in [0.1, 0.15) is 66.2 Å². The maximum Gasteiger partial charge on any atom is 0.234 e. The topological polar surface area (TPSA) is 75.3 Å². The molecule has 0 aliphatic heterocycles. The van der Waals surface area contributed by atoms with Crippen LogP contribution in [0, 0.1) is 22.7 Å². The van der Waals surface area contributed by atoms with Gasteiger partial charge in [0.15, 0.2) is 0 Å². The minimum absolute atomic E-state index is 0.0168. The molecule has 2 aliphatic rings. The third kappa shape index (κ3) is 2.48. The normalized spacial score (nSPS) is 43.7. The van der Waals surface area contributed by atoms with Gasteiger partial charge < -0.3 is 5.11 Å². The van der Waals surface area contributed by atoms with Crippen molar-refractivity contribution < 1.29 is 9.90 Å². The van der Waals surface area contributed by atoms with E-state index in [1.807, 2.05) is 6.92 Å². The van der Waals surface area contributed by atoms with Gasteiger partial charge >= 0.3 is 0 Å². The summed E-state index contributed by atoms with van der Waals surface area (Å²) < 4.78 is 0. The molecule has 20 heavy (non-hydrogen) atoms. The Labute approximate surface area is 122 Å². The van der Waals surface area contributed by atoms with Gasteiger partial charge in [-0.3, -0.25) is 10.2 Å². The zero-order chi connectivity index (χ0) is 15.2. The predicted molar refractivity (Wildman–Crippen MR) is 79.5 cm³/mol. The summed E-state index contributed by atoms with van der Waals surface area (Å²) >= 11 is 0. The first-order chi connectivity index (χ1) is 9.13. The minimum atomic E-state index is -0.773. The summed E-state index contributed by atoms with van der Waals surface area (Å²) in [4.78, 5) is 11.8. The Bertz CT molecular complexity index is 392. The van der Waals surface area contributed by atoms with E-state index < -0.39 is 5.60 Å². The highest BCUT2D eigenvalue weighted by Crippen LogP contribution is 2.62. The molecular formula is C16H30N2O2. The molecule has 0 bridgehead atoms. The van der Waals surface area contributed by atoms with Crippen molar-refractivity contribution in [1.82, 2.24) is 5.43 Å². The SMILES string of the molecule is CC1(C)CCC[C@]2(C)[C@@H]1CC[C@@](C)(O)[C@@H]2CC(=O)NN. The molecule has 0 aromatic carbocycles. The fourth-order valence-electron chi connectivity index (χ4n) is 5.32. The highest BCUT2D eigenvalue weighted by molar-refractivity contribution is 5.75. The number of hydrogen-bond donors (Lipinski definition) is 3. The van der Waals surface area contributed by atoms with Crippen molar-refractivity contribution >= 4 is 5.91 Å². The molecule has 0 aromatic heterocycles. The standard InChI is InChI=1S/C16H30N2O2/c1-14(2)7-5-8-15(3)11(14)6-9-16(4,20)12(15)10-13(19)18-17/h11-12,20H,5-10,17H2,1-4H3,(H,18,19)/t11-,12-,15-,16-/m1/s1. The van der Waals surface area contributed by atoms with Gasteiger partial charge in [-0.2, -0.15) is 0 Å². The van der Waals surface area contributed by atoms with Gasteiger partial charge in [0.25, 0.3) is 0 Å². The number of rotatable bonds is 2. The molecule has 0 radical (unpaired) electrons. The van der Waals surface area contributed by atoms with Crippen molar-refractivity contribution in [3.8, 4) is 0 Å². The Balaban J connectivity index is 2.35. The average Bonchev–Trinajstić information content (AvgIpc) is 2.32. The molecule has 0 unspecified atom stereocenters. The van der Waals surface area contributed by atoms with Gasteiger partial charge in [0, 0.05) is 12.3 Å². The molecular weight excluding hydrogens is 252 g/mol. The quantitative estimate of drug-likeness (QED) is 0.413. The van der Waals surface area contributed by atoms with Crippen LogP contribution in [-0.4, -0.2) is 16.6 Å². The van der Waals surface area contributed by atoms with Crippen LogP contribution >= 0.6 is 0 Å². The van der Waals surface area contributed by atoms with Crippen LogP contribution in [0.3, 0.4) is 0 Å². The molecule has 1 amide bonds. The molecule has 0 heterocycles. The van der Waals surface area contributed by atoms with Crippen LogP contribution in [0.4, 0.5) is 0 Å². The first kappa shape index (κ1) is 15.8. The molecule has 4 heteroatoms. The molecule has 2 fully saturated rings. The number of nitrogens with two attached hydrogens (primary N) is 1. The van der Waals surface area contributed by atoms with Crippen molar-refractivity contribution in [1.29, 1.82) is 0 Å². The third-order valence-electron chi connectivity index (χ3n) is 6.31. The van der Waals surface area contributed by atoms with Gasteiger partial charge in [0.1, 0.15) is 0 Å². The van der Waals surface area contributed by atoms with Gasteiger partial charge in [-0.1, -0.05) is 27.2 Å². The number of hydrazine groups is 1. The first-order valence-electron chi connectivity index (χ1n) is 7.85. The summed E-state index contributed by atoms with van der Waals surface area (Å²) in [7, 11) is 0. The zero-order valence-corrected chi connectivity index (χ0v) is 13.3. The number of fused-ring (bicyclic) bond motifs is 1. The van der Waals surface area contributed by atoms with Gasteiger partial charge in [-0.25, -0.2) is 5.84 Å². The van der Waals surface area contributed by atoms with Gasteiger partial charge in [0.05, 0.1) is 5.60 Å². The molecule has 4 N–H and O–H groups in total.